The number of rotatable bonds is 3. The number of nitrogens with zero attached hydrogens (tertiary/aromatic N) is 1. The second-order valence-electron chi connectivity index (χ2n) is 3.63. The Morgan fingerprint density at radius 3 is 2.64 bits per heavy atom. The van der Waals surface area contributed by atoms with Gasteiger partial charge in [0.2, 0.25) is 0 Å². The van der Waals surface area contributed by atoms with Crippen LogP contribution in [0.5, 0.6) is 5.75 Å². The van der Waals surface area contributed by atoms with Crippen LogP contribution >= 0.6 is 11.6 Å². The molecule has 0 saturated heterocycles. The van der Waals surface area contributed by atoms with Crippen molar-refractivity contribution in [3.63, 3.8) is 0 Å². The van der Waals surface area contributed by atoms with E-state index in [1.54, 1.807) is 12.1 Å². The van der Waals surface area contributed by atoms with Gasteiger partial charge in [-0.05, 0) is 26.0 Å². The van der Waals surface area contributed by atoms with Crippen LogP contribution in [-0.2, 0) is 0 Å². The highest BCUT2D eigenvalue weighted by Gasteiger charge is 2.20. The maximum Gasteiger partial charge on any atom is 0.138 e. The fourth-order valence-corrected chi connectivity index (χ4v) is 1.23. The Morgan fingerprint density at radius 2 is 2.07 bits per heavy atom. The second-order valence-corrected chi connectivity index (χ2v) is 4.03. The first-order valence-corrected chi connectivity index (χ1v) is 4.73. The first kappa shape index (κ1) is 10.9. The fourth-order valence-electron chi connectivity index (χ4n) is 1.05. The molecule has 1 rings (SSSR count). The highest BCUT2D eigenvalue weighted by Crippen LogP contribution is 2.28. The number of halogens is 1. The molecule has 0 aromatic heterocycles. The summed E-state index contributed by atoms with van der Waals surface area (Å²) < 4.78 is 5.62. The largest absolute Gasteiger partial charge is 0.485 e. The minimum atomic E-state index is -0.500. The van der Waals surface area contributed by atoms with Crippen LogP contribution in [0.3, 0.4) is 0 Å². The molecule has 0 bridgehead atoms. The predicted molar refractivity (Wildman–Crippen MR) is 56.4 cm³/mol. The molecule has 0 N–H and O–H groups in total. The molecule has 0 heterocycles. The zero-order chi connectivity index (χ0) is 10.6. The van der Waals surface area contributed by atoms with E-state index >= 15 is 0 Å². The summed E-state index contributed by atoms with van der Waals surface area (Å²) in [5, 5.41) is 9.15. The van der Waals surface area contributed by atoms with Gasteiger partial charge in [0, 0.05) is 0 Å². The Bertz CT molecular complexity index is 355. The molecule has 0 aliphatic carbocycles. The van der Waals surface area contributed by atoms with Crippen LogP contribution in [0.2, 0.25) is 5.02 Å². The third-order valence-corrected chi connectivity index (χ3v) is 2.04. The summed E-state index contributed by atoms with van der Waals surface area (Å²) in [6, 6.07) is 9.33. The summed E-state index contributed by atoms with van der Waals surface area (Å²) in [5.41, 5.74) is -0.500. The maximum atomic E-state index is 8.59. The summed E-state index contributed by atoms with van der Waals surface area (Å²) >= 11 is 5.92. The van der Waals surface area contributed by atoms with Gasteiger partial charge in [0.25, 0.3) is 0 Å². The Hall–Kier alpha value is -1.20. The fraction of sp³-hybridized carbons (Fsp3) is 0.364. The van der Waals surface area contributed by atoms with Crippen LogP contribution in [0.15, 0.2) is 24.3 Å². The minimum absolute atomic E-state index is 0.332. The molecule has 0 spiro atoms. The summed E-state index contributed by atoms with van der Waals surface area (Å²) in [5.74, 6) is 0.620. The lowest BCUT2D eigenvalue weighted by Gasteiger charge is -2.24. The van der Waals surface area contributed by atoms with E-state index in [0.29, 0.717) is 17.2 Å². The van der Waals surface area contributed by atoms with Crippen LogP contribution in [-0.4, -0.2) is 5.60 Å². The lowest BCUT2D eigenvalue weighted by atomic mass is 10.1. The molecule has 0 saturated carbocycles. The van der Waals surface area contributed by atoms with Gasteiger partial charge < -0.3 is 4.74 Å². The number of benzene rings is 1. The van der Waals surface area contributed by atoms with Crippen molar-refractivity contribution >= 4 is 11.6 Å². The molecule has 0 fully saturated rings. The average molecular weight is 210 g/mol. The lowest BCUT2D eigenvalue weighted by molar-refractivity contribution is 0.115. The van der Waals surface area contributed by atoms with Gasteiger partial charge in [-0.1, -0.05) is 23.7 Å². The van der Waals surface area contributed by atoms with Crippen molar-refractivity contribution in [1.29, 1.82) is 5.26 Å². The van der Waals surface area contributed by atoms with Crippen LogP contribution < -0.4 is 4.74 Å². The molecule has 14 heavy (non-hydrogen) atoms. The summed E-state index contributed by atoms with van der Waals surface area (Å²) in [4.78, 5) is 0. The highest BCUT2D eigenvalue weighted by atomic mass is 35.5. The van der Waals surface area contributed by atoms with E-state index in [4.69, 9.17) is 21.6 Å². The molecule has 0 atom stereocenters. The van der Waals surface area contributed by atoms with Crippen LogP contribution in [0.1, 0.15) is 20.3 Å². The van der Waals surface area contributed by atoms with Gasteiger partial charge in [-0.25, -0.2) is 0 Å². The molecule has 2 nitrogen and oxygen atoms in total. The summed E-state index contributed by atoms with van der Waals surface area (Å²) in [6.07, 6.45) is 0.332. The van der Waals surface area contributed by atoms with Crippen LogP contribution in [0, 0.1) is 11.3 Å². The number of ether oxygens (including phenoxy) is 1. The Morgan fingerprint density at radius 1 is 1.43 bits per heavy atom. The topological polar surface area (TPSA) is 33.0 Å². The Balaban J connectivity index is 2.79. The predicted octanol–water partition coefficient (Wildman–Crippen LogP) is 3.41. The second kappa shape index (κ2) is 4.34. The molecular formula is C11H12ClNO. The van der Waals surface area contributed by atoms with Gasteiger partial charge in [-0.2, -0.15) is 5.26 Å². The third-order valence-electron chi connectivity index (χ3n) is 1.73. The highest BCUT2D eigenvalue weighted by molar-refractivity contribution is 6.32. The van der Waals surface area contributed by atoms with Gasteiger partial charge in [0.1, 0.15) is 11.4 Å². The molecular weight excluding hydrogens is 198 g/mol. The molecule has 0 aliphatic heterocycles. The van der Waals surface area contributed by atoms with E-state index in [0.717, 1.165) is 0 Å². The number of nitriles is 1. The van der Waals surface area contributed by atoms with E-state index in [1.807, 2.05) is 26.0 Å². The Labute approximate surface area is 89.1 Å². The maximum absolute atomic E-state index is 8.59. The monoisotopic (exact) mass is 209 g/mol. The van der Waals surface area contributed by atoms with Crippen molar-refractivity contribution in [2.75, 3.05) is 0 Å². The van der Waals surface area contributed by atoms with Gasteiger partial charge in [-0.15, -0.1) is 0 Å². The SMILES string of the molecule is CC(C)(CC#N)Oc1ccccc1Cl. The molecule has 0 aliphatic rings. The van der Waals surface area contributed by atoms with Crippen molar-refractivity contribution in [2.45, 2.75) is 25.9 Å². The molecule has 3 heteroatoms. The first-order valence-electron chi connectivity index (χ1n) is 4.36. The van der Waals surface area contributed by atoms with E-state index in [-0.39, 0.29) is 0 Å². The van der Waals surface area contributed by atoms with Crippen molar-refractivity contribution in [2.24, 2.45) is 0 Å². The molecule has 1 aromatic rings. The molecule has 0 amide bonds. The zero-order valence-corrected chi connectivity index (χ0v) is 9.01. The quantitative estimate of drug-likeness (QED) is 0.764. The smallest absolute Gasteiger partial charge is 0.138 e. The third kappa shape index (κ3) is 2.93. The van der Waals surface area contributed by atoms with E-state index in [9.17, 15) is 0 Å². The summed E-state index contributed by atoms with van der Waals surface area (Å²) in [7, 11) is 0. The zero-order valence-electron chi connectivity index (χ0n) is 8.25. The minimum Gasteiger partial charge on any atom is -0.485 e. The lowest BCUT2D eigenvalue weighted by Crippen LogP contribution is -2.27. The normalized spacial score (nSPS) is 10.7. The first-order chi connectivity index (χ1) is 6.55. The standard InChI is InChI=1S/C11H12ClNO/c1-11(2,7-8-13)14-10-6-4-3-5-9(10)12/h3-6H,7H2,1-2H3. The van der Waals surface area contributed by atoms with Crippen molar-refractivity contribution in [3.05, 3.63) is 29.3 Å². The number of hydrogen-bond donors (Lipinski definition) is 0. The van der Waals surface area contributed by atoms with E-state index in [1.165, 1.54) is 0 Å². The van der Waals surface area contributed by atoms with Crippen molar-refractivity contribution in [1.82, 2.24) is 0 Å². The van der Waals surface area contributed by atoms with Crippen molar-refractivity contribution in [3.8, 4) is 11.8 Å². The number of hydrogen-bond acceptors (Lipinski definition) is 2. The molecule has 1 aromatic carbocycles. The number of para-hydroxylation sites is 1. The van der Waals surface area contributed by atoms with Crippen molar-refractivity contribution < 1.29 is 4.74 Å². The van der Waals surface area contributed by atoms with Gasteiger partial charge >= 0.3 is 0 Å². The van der Waals surface area contributed by atoms with Crippen LogP contribution in [0.4, 0.5) is 0 Å². The van der Waals surface area contributed by atoms with Gasteiger partial charge in [0.05, 0.1) is 17.5 Å². The molecule has 74 valence electrons. The van der Waals surface area contributed by atoms with Gasteiger partial charge in [-0.3, -0.25) is 0 Å². The van der Waals surface area contributed by atoms with E-state index in [2.05, 4.69) is 6.07 Å². The van der Waals surface area contributed by atoms with E-state index < -0.39 is 5.60 Å². The molecule has 0 radical (unpaired) electrons. The molecule has 0 unspecified atom stereocenters. The average Bonchev–Trinajstić information content (AvgIpc) is 2.08. The Kier molecular flexibility index (Phi) is 3.38. The van der Waals surface area contributed by atoms with Crippen LogP contribution in [0.25, 0.3) is 0 Å². The summed E-state index contributed by atoms with van der Waals surface area (Å²) in [6.45, 7) is 3.72. The van der Waals surface area contributed by atoms with Gasteiger partial charge in [0.15, 0.2) is 0 Å².